The minimum absolute atomic E-state index is 0.000824. The smallest absolute Gasteiger partial charge is 0.342 e. The van der Waals surface area contributed by atoms with Gasteiger partial charge in [0.25, 0.3) is 5.91 Å². The molecule has 0 bridgehead atoms. The largest absolute Gasteiger partial charge is 0.507 e. The van der Waals surface area contributed by atoms with Gasteiger partial charge in [-0.2, -0.15) is 0 Å². The Hall–Kier alpha value is -1.87. The van der Waals surface area contributed by atoms with Crippen LogP contribution >= 0.6 is 34.2 Å². The maximum atomic E-state index is 11.8. The van der Waals surface area contributed by atoms with Crippen LogP contribution in [0.5, 0.6) is 5.75 Å². The quantitative estimate of drug-likeness (QED) is 0.441. The SMILES string of the molecule is O=C(COC(=O)c1cc(I)ccc1O)Nc1cccnc1Cl. The molecule has 2 aromatic rings. The molecule has 0 aliphatic carbocycles. The Balaban J connectivity index is 1.95. The maximum Gasteiger partial charge on any atom is 0.342 e. The molecule has 2 N–H and O–H groups in total. The van der Waals surface area contributed by atoms with E-state index >= 15 is 0 Å². The summed E-state index contributed by atoms with van der Waals surface area (Å²) in [6, 6.07) is 7.67. The van der Waals surface area contributed by atoms with E-state index in [0.717, 1.165) is 3.57 Å². The minimum Gasteiger partial charge on any atom is -0.507 e. The first-order valence-electron chi connectivity index (χ1n) is 6.03. The van der Waals surface area contributed by atoms with Crippen molar-refractivity contribution in [1.29, 1.82) is 0 Å². The Labute approximate surface area is 144 Å². The number of phenols is 1. The number of carbonyl (C=O) groups is 2. The average Bonchev–Trinajstić information content (AvgIpc) is 2.49. The number of nitrogens with zero attached hydrogens (tertiary/aromatic N) is 1. The van der Waals surface area contributed by atoms with Crippen LogP contribution in [0.25, 0.3) is 0 Å². The molecule has 0 fully saturated rings. The molecule has 1 heterocycles. The summed E-state index contributed by atoms with van der Waals surface area (Å²) in [5.74, 6) is -1.56. The van der Waals surface area contributed by atoms with Crippen LogP contribution < -0.4 is 5.32 Å². The van der Waals surface area contributed by atoms with E-state index in [0.29, 0.717) is 5.69 Å². The molecule has 2 rings (SSSR count). The van der Waals surface area contributed by atoms with Crippen LogP contribution in [-0.4, -0.2) is 28.6 Å². The van der Waals surface area contributed by atoms with Crippen LogP contribution in [0.3, 0.4) is 0 Å². The van der Waals surface area contributed by atoms with Crippen molar-refractivity contribution in [3.63, 3.8) is 0 Å². The number of anilines is 1. The first-order valence-corrected chi connectivity index (χ1v) is 7.49. The number of halogens is 2. The molecule has 8 heteroatoms. The summed E-state index contributed by atoms with van der Waals surface area (Å²) in [6.07, 6.45) is 1.48. The lowest BCUT2D eigenvalue weighted by molar-refractivity contribution is -0.119. The maximum absolute atomic E-state index is 11.8. The second-order valence-corrected chi connectivity index (χ2v) is 5.73. The van der Waals surface area contributed by atoms with Gasteiger partial charge in [-0.15, -0.1) is 0 Å². The fourth-order valence-corrected chi connectivity index (χ4v) is 2.20. The third-order valence-corrected chi connectivity index (χ3v) is 3.52. The van der Waals surface area contributed by atoms with Crippen molar-refractivity contribution in [1.82, 2.24) is 4.98 Å². The molecule has 0 unspecified atom stereocenters. The predicted molar refractivity (Wildman–Crippen MR) is 89.0 cm³/mol. The number of hydrogen-bond acceptors (Lipinski definition) is 5. The zero-order valence-electron chi connectivity index (χ0n) is 11.0. The second kappa shape index (κ2) is 7.41. The first-order chi connectivity index (χ1) is 10.5. The number of benzene rings is 1. The molecular weight excluding hydrogens is 423 g/mol. The van der Waals surface area contributed by atoms with E-state index in [4.69, 9.17) is 16.3 Å². The zero-order valence-corrected chi connectivity index (χ0v) is 14.0. The Kier molecular flexibility index (Phi) is 5.56. The van der Waals surface area contributed by atoms with E-state index in [1.165, 1.54) is 18.3 Å². The van der Waals surface area contributed by atoms with Gasteiger partial charge in [0.15, 0.2) is 11.8 Å². The summed E-state index contributed by atoms with van der Waals surface area (Å²) in [5, 5.41) is 12.2. The number of ether oxygens (including phenoxy) is 1. The molecule has 0 saturated carbocycles. The lowest BCUT2D eigenvalue weighted by atomic mass is 10.2. The van der Waals surface area contributed by atoms with Crippen molar-refractivity contribution >= 4 is 51.8 Å². The van der Waals surface area contributed by atoms with Crippen LogP contribution in [-0.2, 0) is 9.53 Å². The molecule has 1 aromatic heterocycles. The molecule has 0 aliphatic heterocycles. The molecule has 1 aromatic carbocycles. The summed E-state index contributed by atoms with van der Waals surface area (Å²) >= 11 is 7.79. The summed E-state index contributed by atoms with van der Waals surface area (Å²) in [4.78, 5) is 27.4. The van der Waals surface area contributed by atoms with Crippen molar-refractivity contribution in [3.8, 4) is 5.75 Å². The Bertz CT molecular complexity index is 724. The van der Waals surface area contributed by atoms with Gasteiger partial charge < -0.3 is 15.2 Å². The molecule has 6 nitrogen and oxygen atoms in total. The van der Waals surface area contributed by atoms with Gasteiger partial charge in [-0.1, -0.05) is 11.6 Å². The van der Waals surface area contributed by atoms with Crippen LogP contribution in [0.15, 0.2) is 36.5 Å². The summed E-state index contributed by atoms with van der Waals surface area (Å²) in [6.45, 7) is -0.505. The number of aromatic nitrogens is 1. The van der Waals surface area contributed by atoms with Crippen molar-refractivity contribution in [3.05, 3.63) is 50.8 Å². The van der Waals surface area contributed by atoms with Crippen LogP contribution in [0.2, 0.25) is 5.15 Å². The van der Waals surface area contributed by atoms with E-state index in [2.05, 4.69) is 10.3 Å². The third kappa shape index (κ3) is 4.31. The standard InChI is InChI=1S/C14H10ClIN2O4/c15-13-10(2-1-5-17-13)18-12(20)7-22-14(21)9-6-8(16)3-4-11(9)19/h1-6,19H,7H2,(H,18,20). The zero-order chi connectivity index (χ0) is 16.1. The van der Waals surface area contributed by atoms with Gasteiger partial charge >= 0.3 is 5.97 Å². The Morgan fingerprint density at radius 1 is 1.36 bits per heavy atom. The number of carbonyl (C=O) groups excluding carboxylic acids is 2. The number of hydrogen-bond donors (Lipinski definition) is 2. The molecule has 0 atom stereocenters. The number of amides is 1. The van der Waals surface area contributed by atoms with Gasteiger partial charge in [0, 0.05) is 9.77 Å². The fourth-order valence-electron chi connectivity index (χ4n) is 1.55. The summed E-state index contributed by atoms with van der Waals surface area (Å²) < 4.78 is 5.62. The van der Waals surface area contributed by atoms with Crippen molar-refractivity contribution in [2.75, 3.05) is 11.9 Å². The molecular formula is C14H10ClIN2O4. The van der Waals surface area contributed by atoms with E-state index in [-0.39, 0.29) is 16.5 Å². The van der Waals surface area contributed by atoms with Gasteiger partial charge in [0.2, 0.25) is 0 Å². The number of nitrogens with one attached hydrogen (secondary N) is 1. The average molecular weight is 433 g/mol. The third-order valence-electron chi connectivity index (χ3n) is 2.55. The molecule has 0 radical (unpaired) electrons. The number of rotatable bonds is 4. The minimum atomic E-state index is -0.788. The normalized spacial score (nSPS) is 10.1. The summed E-state index contributed by atoms with van der Waals surface area (Å²) in [7, 11) is 0. The predicted octanol–water partition coefficient (Wildman–Crippen LogP) is 2.84. The highest BCUT2D eigenvalue weighted by atomic mass is 127. The molecule has 0 aliphatic rings. The van der Waals surface area contributed by atoms with E-state index < -0.39 is 18.5 Å². The molecule has 22 heavy (non-hydrogen) atoms. The number of phenolic OH excluding ortho intramolecular Hbond substituents is 1. The molecule has 0 spiro atoms. The number of aromatic hydroxyl groups is 1. The van der Waals surface area contributed by atoms with E-state index in [1.54, 1.807) is 18.2 Å². The van der Waals surface area contributed by atoms with Gasteiger partial charge in [-0.3, -0.25) is 4.79 Å². The molecule has 114 valence electrons. The molecule has 1 amide bonds. The molecule has 0 saturated heterocycles. The lowest BCUT2D eigenvalue weighted by Crippen LogP contribution is -2.21. The van der Waals surface area contributed by atoms with Gasteiger partial charge in [-0.05, 0) is 52.9 Å². The van der Waals surface area contributed by atoms with Crippen LogP contribution in [0, 0.1) is 3.57 Å². The van der Waals surface area contributed by atoms with E-state index in [9.17, 15) is 14.7 Å². The van der Waals surface area contributed by atoms with Gasteiger partial charge in [0.1, 0.15) is 11.3 Å². The van der Waals surface area contributed by atoms with Crippen LogP contribution in [0.4, 0.5) is 5.69 Å². The second-order valence-electron chi connectivity index (χ2n) is 4.13. The van der Waals surface area contributed by atoms with Crippen molar-refractivity contribution < 1.29 is 19.4 Å². The Morgan fingerprint density at radius 2 is 2.14 bits per heavy atom. The first kappa shape index (κ1) is 16.5. The van der Waals surface area contributed by atoms with Gasteiger partial charge in [-0.25, -0.2) is 9.78 Å². The highest BCUT2D eigenvalue weighted by Gasteiger charge is 2.15. The monoisotopic (exact) mass is 432 g/mol. The van der Waals surface area contributed by atoms with E-state index in [1.807, 2.05) is 22.6 Å². The highest BCUT2D eigenvalue weighted by molar-refractivity contribution is 14.1. The highest BCUT2D eigenvalue weighted by Crippen LogP contribution is 2.21. The topological polar surface area (TPSA) is 88.5 Å². The number of esters is 1. The van der Waals surface area contributed by atoms with Crippen LogP contribution in [0.1, 0.15) is 10.4 Å². The number of pyridine rings is 1. The Morgan fingerprint density at radius 3 is 2.86 bits per heavy atom. The fraction of sp³-hybridized carbons (Fsp3) is 0.0714. The lowest BCUT2D eigenvalue weighted by Gasteiger charge is -2.08. The van der Waals surface area contributed by atoms with Crippen molar-refractivity contribution in [2.45, 2.75) is 0 Å². The summed E-state index contributed by atoms with van der Waals surface area (Å²) in [5.41, 5.74) is 0.321. The van der Waals surface area contributed by atoms with Crippen molar-refractivity contribution in [2.24, 2.45) is 0 Å². The van der Waals surface area contributed by atoms with Gasteiger partial charge in [0.05, 0.1) is 5.69 Å².